The number of hydrogen-bond acceptors (Lipinski definition) is 3. The second-order valence-corrected chi connectivity index (χ2v) is 6.10. The summed E-state index contributed by atoms with van der Waals surface area (Å²) < 4.78 is 5.57. The second-order valence-electron chi connectivity index (χ2n) is 6.10. The summed E-state index contributed by atoms with van der Waals surface area (Å²) in [4.78, 5) is 23.8. The highest BCUT2D eigenvalue weighted by atomic mass is 16.5. The van der Waals surface area contributed by atoms with E-state index >= 15 is 0 Å². The van der Waals surface area contributed by atoms with Crippen molar-refractivity contribution in [3.8, 4) is 5.75 Å². The van der Waals surface area contributed by atoms with E-state index in [2.05, 4.69) is 10.6 Å². The highest BCUT2D eigenvalue weighted by Crippen LogP contribution is 2.13. The van der Waals surface area contributed by atoms with Crippen molar-refractivity contribution in [2.24, 2.45) is 0 Å². The average molecular weight is 340 g/mol. The predicted molar refractivity (Wildman–Crippen MR) is 97.1 cm³/mol. The Morgan fingerprint density at radius 2 is 1.52 bits per heavy atom. The molecule has 2 N–H and O–H groups in total. The fourth-order valence-corrected chi connectivity index (χ4v) is 2.28. The largest absolute Gasteiger partial charge is 0.491 e. The Bertz CT molecular complexity index is 724. The van der Waals surface area contributed by atoms with Crippen LogP contribution in [0.15, 0.2) is 48.5 Å². The highest BCUT2D eigenvalue weighted by Gasteiger charge is 2.13. The monoisotopic (exact) mass is 340 g/mol. The molecule has 2 rings (SSSR count). The molecule has 132 valence electrons. The lowest BCUT2D eigenvalue weighted by Gasteiger charge is -2.11. The molecule has 5 heteroatoms. The maximum Gasteiger partial charge on any atom is 0.309 e. The van der Waals surface area contributed by atoms with E-state index < -0.39 is 11.8 Å². The minimum Gasteiger partial charge on any atom is -0.491 e. The molecule has 0 unspecified atom stereocenters. The number of rotatable bonds is 6. The van der Waals surface area contributed by atoms with Gasteiger partial charge in [0.1, 0.15) is 5.75 Å². The van der Waals surface area contributed by atoms with E-state index in [1.807, 2.05) is 69.3 Å². The number of nitrogens with one attached hydrogen (secondary N) is 2. The first-order chi connectivity index (χ1) is 12.0. The van der Waals surface area contributed by atoms with Crippen molar-refractivity contribution in [1.29, 1.82) is 0 Å². The van der Waals surface area contributed by atoms with E-state index in [1.165, 1.54) is 0 Å². The van der Waals surface area contributed by atoms with Crippen molar-refractivity contribution >= 4 is 11.8 Å². The molecule has 0 spiro atoms. The molecule has 0 fully saturated rings. The summed E-state index contributed by atoms with van der Waals surface area (Å²) in [5, 5.41) is 5.25. The number of benzene rings is 2. The van der Waals surface area contributed by atoms with Gasteiger partial charge in [-0.1, -0.05) is 36.4 Å². The molecule has 25 heavy (non-hydrogen) atoms. The summed E-state index contributed by atoms with van der Waals surface area (Å²) in [6.07, 6.45) is 0.113. The zero-order valence-corrected chi connectivity index (χ0v) is 14.8. The third kappa shape index (κ3) is 5.95. The predicted octanol–water partition coefficient (Wildman–Crippen LogP) is 2.71. The second kappa shape index (κ2) is 8.87. The molecule has 0 aliphatic rings. The molecule has 0 heterocycles. The Labute approximate surface area is 148 Å². The normalized spacial score (nSPS) is 10.4. The van der Waals surface area contributed by atoms with Crippen LogP contribution >= 0.6 is 0 Å². The zero-order chi connectivity index (χ0) is 18.2. The molecule has 0 aliphatic heterocycles. The Morgan fingerprint density at radius 1 is 0.920 bits per heavy atom. The van der Waals surface area contributed by atoms with E-state index in [4.69, 9.17) is 4.74 Å². The number of amides is 2. The molecule has 5 nitrogen and oxygen atoms in total. The van der Waals surface area contributed by atoms with Crippen LogP contribution in [0.1, 0.15) is 30.5 Å². The Hall–Kier alpha value is -2.82. The molecule has 0 aromatic heterocycles. The maximum absolute atomic E-state index is 11.9. The van der Waals surface area contributed by atoms with Gasteiger partial charge in [0.2, 0.25) is 0 Å². The van der Waals surface area contributed by atoms with Crippen LogP contribution in [0.4, 0.5) is 0 Å². The lowest BCUT2D eigenvalue weighted by Crippen LogP contribution is -2.39. The van der Waals surface area contributed by atoms with E-state index in [9.17, 15) is 9.59 Å². The smallest absolute Gasteiger partial charge is 0.309 e. The number of hydrogen-bond donors (Lipinski definition) is 2. The van der Waals surface area contributed by atoms with Crippen molar-refractivity contribution in [2.75, 3.05) is 0 Å². The summed E-state index contributed by atoms with van der Waals surface area (Å²) >= 11 is 0. The van der Waals surface area contributed by atoms with Crippen molar-refractivity contribution in [1.82, 2.24) is 10.6 Å². The lowest BCUT2D eigenvalue weighted by molar-refractivity contribution is -0.139. The Morgan fingerprint density at radius 3 is 2.12 bits per heavy atom. The van der Waals surface area contributed by atoms with Crippen LogP contribution in [0, 0.1) is 6.92 Å². The molecular weight excluding hydrogens is 316 g/mol. The van der Waals surface area contributed by atoms with Gasteiger partial charge in [-0.3, -0.25) is 9.59 Å². The van der Waals surface area contributed by atoms with Gasteiger partial charge in [-0.05, 0) is 49.6 Å². The summed E-state index contributed by atoms with van der Waals surface area (Å²) in [6.45, 7) is 6.51. The van der Waals surface area contributed by atoms with Crippen LogP contribution in [0.5, 0.6) is 5.75 Å². The third-order valence-corrected chi connectivity index (χ3v) is 3.66. The molecule has 0 atom stereocenters. The van der Waals surface area contributed by atoms with Crippen molar-refractivity contribution < 1.29 is 14.3 Å². The molecule has 2 aromatic rings. The molecule has 0 radical (unpaired) electrons. The number of carbonyl (C=O) groups is 2. The van der Waals surface area contributed by atoms with Crippen molar-refractivity contribution in [2.45, 2.75) is 40.0 Å². The average Bonchev–Trinajstić information content (AvgIpc) is 2.59. The summed E-state index contributed by atoms with van der Waals surface area (Å²) in [7, 11) is 0. The summed E-state index contributed by atoms with van der Waals surface area (Å²) in [6, 6.07) is 15.2. The van der Waals surface area contributed by atoms with Gasteiger partial charge in [0, 0.05) is 13.1 Å². The highest BCUT2D eigenvalue weighted by molar-refractivity contribution is 6.35. The Kier molecular flexibility index (Phi) is 6.57. The zero-order valence-electron chi connectivity index (χ0n) is 14.8. The molecule has 0 aliphatic carbocycles. The first kappa shape index (κ1) is 18.5. The Balaban J connectivity index is 1.79. The maximum atomic E-state index is 11.9. The molecule has 0 saturated carbocycles. The fraction of sp³-hybridized carbons (Fsp3) is 0.300. The minimum atomic E-state index is -0.643. The van der Waals surface area contributed by atoms with Gasteiger partial charge in [-0.2, -0.15) is 0 Å². The van der Waals surface area contributed by atoms with Crippen LogP contribution < -0.4 is 15.4 Å². The molecular formula is C20H24N2O3. The van der Waals surface area contributed by atoms with Crippen molar-refractivity contribution in [3.05, 3.63) is 65.2 Å². The first-order valence-electron chi connectivity index (χ1n) is 8.32. The van der Waals surface area contributed by atoms with Crippen LogP contribution in [-0.2, 0) is 22.7 Å². The third-order valence-electron chi connectivity index (χ3n) is 3.66. The van der Waals surface area contributed by atoms with Crippen LogP contribution in [0.25, 0.3) is 0 Å². The minimum absolute atomic E-state index is 0.113. The van der Waals surface area contributed by atoms with Gasteiger partial charge in [-0.15, -0.1) is 0 Å². The lowest BCUT2D eigenvalue weighted by atomic mass is 10.1. The number of aryl methyl sites for hydroxylation is 1. The number of carbonyl (C=O) groups excluding carboxylic acids is 2. The topological polar surface area (TPSA) is 67.4 Å². The summed E-state index contributed by atoms with van der Waals surface area (Å²) in [5.41, 5.74) is 2.97. The quantitative estimate of drug-likeness (QED) is 0.795. The van der Waals surface area contributed by atoms with Crippen LogP contribution in [0.2, 0.25) is 0 Å². The van der Waals surface area contributed by atoms with Crippen molar-refractivity contribution in [3.63, 3.8) is 0 Å². The van der Waals surface area contributed by atoms with Gasteiger partial charge >= 0.3 is 11.8 Å². The van der Waals surface area contributed by atoms with E-state index in [0.717, 1.165) is 22.4 Å². The molecule has 0 bridgehead atoms. The first-order valence-corrected chi connectivity index (χ1v) is 8.32. The number of ether oxygens (including phenoxy) is 1. The molecule has 0 saturated heterocycles. The standard InChI is InChI=1S/C20H24N2O3/c1-14(2)25-18-10-8-16(9-11-18)12-21-19(23)20(24)22-13-17-7-5-4-6-15(17)3/h4-11,14H,12-13H2,1-3H3,(H,21,23)(H,22,24). The summed E-state index contributed by atoms with van der Waals surface area (Å²) in [5.74, 6) is -0.500. The van der Waals surface area contributed by atoms with Crippen LogP contribution in [-0.4, -0.2) is 17.9 Å². The van der Waals surface area contributed by atoms with Crippen LogP contribution in [0.3, 0.4) is 0 Å². The molecule has 2 amide bonds. The fourth-order valence-electron chi connectivity index (χ4n) is 2.28. The molecule has 2 aromatic carbocycles. The van der Waals surface area contributed by atoms with E-state index in [-0.39, 0.29) is 6.10 Å². The van der Waals surface area contributed by atoms with Gasteiger partial charge in [0.05, 0.1) is 6.10 Å². The van der Waals surface area contributed by atoms with Gasteiger partial charge < -0.3 is 15.4 Å². The van der Waals surface area contributed by atoms with E-state index in [1.54, 1.807) is 0 Å². The SMILES string of the molecule is Cc1ccccc1CNC(=O)C(=O)NCc1ccc(OC(C)C)cc1. The van der Waals surface area contributed by atoms with Gasteiger partial charge in [0.15, 0.2) is 0 Å². The van der Waals surface area contributed by atoms with Gasteiger partial charge in [0.25, 0.3) is 0 Å². The van der Waals surface area contributed by atoms with E-state index in [0.29, 0.717) is 13.1 Å². The van der Waals surface area contributed by atoms with Gasteiger partial charge in [-0.25, -0.2) is 0 Å².